The Balaban J connectivity index is 2.45. The lowest BCUT2D eigenvalue weighted by Gasteiger charge is -2.13. The van der Waals surface area contributed by atoms with Gasteiger partial charge in [-0.3, -0.25) is 14.9 Å². The van der Waals surface area contributed by atoms with Crippen molar-refractivity contribution in [3.8, 4) is 11.5 Å². The van der Waals surface area contributed by atoms with Crippen LogP contribution in [-0.2, 0) is 0 Å². The van der Waals surface area contributed by atoms with Crippen LogP contribution in [0.2, 0.25) is 5.02 Å². The summed E-state index contributed by atoms with van der Waals surface area (Å²) < 4.78 is 10.5. The summed E-state index contributed by atoms with van der Waals surface area (Å²) in [4.78, 5) is 23.3. The Bertz CT molecular complexity index is 823. The Hall–Kier alpha value is -2.80. The van der Waals surface area contributed by atoms with Crippen LogP contribution in [0.3, 0.4) is 0 Å². The Morgan fingerprint density at radius 1 is 1.28 bits per heavy atom. The van der Waals surface area contributed by atoms with Crippen LogP contribution < -0.4 is 14.8 Å². The van der Waals surface area contributed by atoms with Crippen molar-refractivity contribution < 1.29 is 19.2 Å². The molecule has 25 heavy (non-hydrogen) atoms. The highest BCUT2D eigenvalue weighted by atomic mass is 35.5. The molecular formula is C17H17ClN2O5. The Labute approximate surface area is 149 Å². The fourth-order valence-corrected chi connectivity index (χ4v) is 2.49. The van der Waals surface area contributed by atoms with Crippen molar-refractivity contribution in [1.82, 2.24) is 0 Å². The topological polar surface area (TPSA) is 90.7 Å². The number of nitrogens with one attached hydrogen (secondary N) is 1. The number of amides is 1. The standard InChI is InChI=1S/C17H17ClN2O5/c1-4-25-16-9-14(20(22)23)12(8-15(16)24-3)17(21)19-13-6-5-11(18)7-10(13)2/h5-9H,4H2,1-3H3,(H,19,21). The highest BCUT2D eigenvalue weighted by molar-refractivity contribution is 6.30. The van der Waals surface area contributed by atoms with E-state index in [2.05, 4.69) is 5.32 Å². The second-order valence-corrected chi connectivity index (χ2v) is 5.56. The predicted molar refractivity (Wildman–Crippen MR) is 95.0 cm³/mol. The summed E-state index contributed by atoms with van der Waals surface area (Å²) in [6.07, 6.45) is 0. The average molecular weight is 365 g/mol. The Morgan fingerprint density at radius 2 is 2.00 bits per heavy atom. The number of nitro groups is 1. The molecule has 0 bridgehead atoms. The lowest BCUT2D eigenvalue weighted by atomic mass is 10.1. The zero-order chi connectivity index (χ0) is 18.6. The number of ether oxygens (including phenoxy) is 2. The number of carbonyl (C=O) groups excluding carboxylic acids is 1. The molecule has 0 aromatic heterocycles. The maximum Gasteiger partial charge on any atom is 0.286 e. The smallest absolute Gasteiger partial charge is 0.286 e. The first kappa shape index (κ1) is 18.5. The van der Waals surface area contributed by atoms with Gasteiger partial charge in [-0.25, -0.2) is 0 Å². The molecule has 0 radical (unpaired) electrons. The molecule has 0 aliphatic rings. The number of carbonyl (C=O) groups is 1. The van der Waals surface area contributed by atoms with E-state index in [0.717, 1.165) is 5.56 Å². The Morgan fingerprint density at radius 3 is 2.56 bits per heavy atom. The monoisotopic (exact) mass is 364 g/mol. The van der Waals surface area contributed by atoms with E-state index in [1.165, 1.54) is 19.2 Å². The summed E-state index contributed by atoms with van der Waals surface area (Å²) in [5.41, 5.74) is 0.756. The molecule has 0 saturated carbocycles. The normalized spacial score (nSPS) is 10.2. The summed E-state index contributed by atoms with van der Waals surface area (Å²) >= 11 is 5.89. The molecule has 0 aliphatic heterocycles. The van der Waals surface area contributed by atoms with Crippen molar-refractivity contribution in [1.29, 1.82) is 0 Å². The van der Waals surface area contributed by atoms with Crippen molar-refractivity contribution in [3.63, 3.8) is 0 Å². The molecule has 1 N–H and O–H groups in total. The van der Waals surface area contributed by atoms with Crippen molar-refractivity contribution >= 4 is 28.9 Å². The third-order valence-electron chi connectivity index (χ3n) is 3.46. The number of rotatable bonds is 6. The largest absolute Gasteiger partial charge is 0.493 e. The molecule has 0 unspecified atom stereocenters. The molecule has 8 heteroatoms. The molecule has 2 rings (SSSR count). The number of halogens is 1. The minimum Gasteiger partial charge on any atom is -0.493 e. The van der Waals surface area contributed by atoms with Crippen LogP contribution in [0.4, 0.5) is 11.4 Å². The zero-order valence-corrected chi connectivity index (χ0v) is 14.7. The van der Waals surface area contributed by atoms with Crippen LogP contribution in [0.15, 0.2) is 30.3 Å². The second-order valence-electron chi connectivity index (χ2n) is 5.12. The van der Waals surface area contributed by atoms with Crippen molar-refractivity contribution in [2.24, 2.45) is 0 Å². The quantitative estimate of drug-likeness (QED) is 0.612. The highest BCUT2D eigenvalue weighted by Crippen LogP contribution is 2.35. The zero-order valence-electron chi connectivity index (χ0n) is 14.0. The van der Waals surface area contributed by atoms with Gasteiger partial charge >= 0.3 is 0 Å². The van der Waals surface area contributed by atoms with E-state index in [1.54, 1.807) is 32.0 Å². The van der Waals surface area contributed by atoms with Crippen LogP contribution in [-0.4, -0.2) is 24.5 Å². The fourth-order valence-electron chi connectivity index (χ4n) is 2.27. The van der Waals surface area contributed by atoms with Gasteiger partial charge < -0.3 is 14.8 Å². The van der Waals surface area contributed by atoms with Gasteiger partial charge in [0.2, 0.25) is 0 Å². The van der Waals surface area contributed by atoms with Gasteiger partial charge in [-0.05, 0) is 37.6 Å². The molecule has 1 amide bonds. The van der Waals surface area contributed by atoms with E-state index in [0.29, 0.717) is 17.3 Å². The molecule has 0 aliphatic carbocycles. The van der Waals surface area contributed by atoms with Gasteiger partial charge in [-0.2, -0.15) is 0 Å². The second kappa shape index (κ2) is 7.85. The van der Waals surface area contributed by atoms with E-state index in [1.807, 2.05) is 0 Å². The molecule has 2 aromatic rings. The summed E-state index contributed by atoms with van der Waals surface area (Å²) in [6.45, 7) is 3.83. The number of hydrogen-bond donors (Lipinski definition) is 1. The molecule has 132 valence electrons. The third kappa shape index (κ3) is 4.19. The molecular weight excluding hydrogens is 348 g/mol. The van der Waals surface area contributed by atoms with E-state index in [4.69, 9.17) is 21.1 Å². The number of methoxy groups -OCH3 is 1. The summed E-state index contributed by atoms with van der Waals surface area (Å²) in [6, 6.07) is 7.42. The van der Waals surface area contributed by atoms with Crippen molar-refractivity contribution in [2.75, 3.05) is 19.0 Å². The molecule has 0 heterocycles. The van der Waals surface area contributed by atoms with Crippen LogP contribution >= 0.6 is 11.6 Å². The summed E-state index contributed by atoms with van der Waals surface area (Å²) in [7, 11) is 1.40. The van der Waals surface area contributed by atoms with E-state index >= 15 is 0 Å². The minimum absolute atomic E-state index is 0.125. The molecule has 0 fully saturated rings. The first-order valence-corrected chi connectivity index (χ1v) is 7.81. The number of anilines is 1. The number of nitro benzene ring substituents is 1. The number of aryl methyl sites for hydroxylation is 1. The Kier molecular flexibility index (Phi) is 5.82. The number of benzene rings is 2. The van der Waals surface area contributed by atoms with Crippen molar-refractivity contribution in [3.05, 3.63) is 56.6 Å². The van der Waals surface area contributed by atoms with Gasteiger partial charge in [0.25, 0.3) is 11.6 Å². The highest BCUT2D eigenvalue weighted by Gasteiger charge is 2.25. The lowest BCUT2D eigenvalue weighted by Crippen LogP contribution is -2.15. The number of hydrogen-bond acceptors (Lipinski definition) is 5. The molecule has 7 nitrogen and oxygen atoms in total. The lowest BCUT2D eigenvalue weighted by molar-refractivity contribution is -0.385. The van der Waals surface area contributed by atoms with Crippen LogP contribution in [0.25, 0.3) is 0 Å². The van der Waals surface area contributed by atoms with Gasteiger partial charge in [0.15, 0.2) is 11.5 Å². The molecule has 2 aromatic carbocycles. The molecule has 0 atom stereocenters. The average Bonchev–Trinajstić information content (AvgIpc) is 2.57. The van der Waals surface area contributed by atoms with Gasteiger partial charge in [0.05, 0.1) is 24.7 Å². The maximum atomic E-state index is 12.6. The SMILES string of the molecule is CCOc1cc([N+](=O)[O-])c(C(=O)Nc2ccc(Cl)cc2C)cc1OC. The minimum atomic E-state index is -0.633. The van der Waals surface area contributed by atoms with E-state index < -0.39 is 10.8 Å². The van der Waals surface area contributed by atoms with Crippen LogP contribution in [0.5, 0.6) is 11.5 Å². The number of nitrogens with zero attached hydrogens (tertiary/aromatic N) is 1. The first-order valence-electron chi connectivity index (χ1n) is 7.44. The van der Waals surface area contributed by atoms with E-state index in [-0.39, 0.29) is 22.7 Å². The molecule has 0 saturated heterocycles. The van der Waals surface area contributed by atoms with Gasteiger partial charge in [-0.1, -0.05) is 11.6 Å². The molecule has 0 spiro atoms. The van der Waals surface area contributed by atoms with Crippen LogP contribution in [0.1, 0.15) is 22.8 Å². The van der Waals surface area contributed by atoms with Gasteiger partial charge in [0, 0.05) is 16.8 Å². The predicted octanol–water partition coefficient (Wildman–Crippen LogP) is 4.22. The fraction of sp³-hybridized carbons (Fsp3) is 0.235. The third-order valence-corrected chi connectivity index (χ3v) is 3.69. The first-order chi connectivity index (χ1) is 11.9. The summed E-state index contributed by atoms with van der Waals surface area (Å²) in [5.74, 6) is -0.181. The van der Waals surface area contributed by atoms with Crippen molar-refractivity contribution in [2.45, 2.75) is 13.8 Å². The van der Waals surface area contributed by atoms with Gasteiger partial charge in [0.1, 0.15) is 5.56 Å². The maximum absolute atomic E-state index is 12.6. The van der Waals surface area contributed by atoms with Gasteiger partial charge in [-0.15, -0.1) is 0 Å². The van der Waals surface area contributed by atoms with E-state index in [9.17, 15) is 14.9 Å². The summed E-state index contributed by atoms with van der Waals surface area (Å²) in [5, 5.41) is 14.5. The van der Waals surface area contributed by atoms with Crippen LogP contribution in [0, 0.1) is 17.0 Å².